The van der Waals surface area contributed by atoms with E-state index in [1.54, 1.807) is 0 Å². The Labute approximate surface area is 114 Å². The lowest BCUT2D eigenvalue weighted by Crippen LogP contribution is -2.25. The van der Waals surface area contributed by atoms with E-state index in [1.807, 2.05) is 11.3 Å². The van der Waals surface area contributed by atoms with Crippen LogP contribution in [-0.4, -0.2) is 24.1 Å². The third-order valence-corrected chi connectivity index (χ3v) is 5.05. The van der Waals surface area contributed by atoms with Crippen LogP contribution in [-0.2, 0) is 6.54 Å². The SMILES string of the molecule is CC(C)N(C)c1nc(C2CC2)c(CNC2CC2)s1. The largest absolute Gasteiger partial charge is 0.349 e. The second kappa shape index (κ2) is 4.82. The first-order valence-electron chi connectivity index (χ1n) is 7.11. The van der Waals surface area contributed by atoms with Gasteiger partial charge in [0.05, 0.1) is 5.69 Å². The van der Waals surface area contributed by atoms with Crippen LogP contribution < -0.4 is 10.2 Å². The third-order valence-electron chi connectivity index (χ3n) is 3.89. The second-order valence-corrected chi connectivity index (χ2v) is 7.00. The standard InChI is InChI=1S/C14H23N3S/c1-9(2)17(3)14-16-13(10-4-5-10)12(18-14)8-15-11-6-7-11/h9-11,15H,4-8H2,1-3H3. The summed E-state index contributed by atoms with van der Waals surface area (Å²) in [5, 5.41) is 4.82. The monoisotopic (exact) mass is 265 g/mol. The summed E-state index contributed by atoms with van der Waals surface area (Å²) in [6.45, 7) is 5.47. The predicted octanol–water partition coefficient (Wildman–Crippen LogP) is 3.12. The zero-order chi connectivity index (χ0) is 12.7. The summed E-state index contributed by atoms with van der Waals surface area (Å²) in [5.41, 5.74) is 1.38. The summed E-state index contributed by atoms with van der Waals surface area (Å²) < 4.78 is 0. The normalized spacial score (nSPS) is 19.6. The van der Waals surface area contributed by atoms with Gasteiger partial charge in [-0.15, -0.1) is 11.3 Å². The van der Waals surface area contributed by atoms with Crippen LogP contribution in [0.25, 0.3) is 0 Å². The van der Waals surface area contributed by atoms with E-state index in [0.717, 1.165) is 18.5 Å². The number of hydrogen-bond donors (Lipinski definition) is 1. The van der Waals surface area contributed by atoms with E-state index in [0.29, 0.717) is 6.04 Å². The first-order chi connectivity index (χ1) is 8.65. The second-order valence-electron chi connectivity index (χ2n) is 5.94. The number of rotatable bonds is 6. The fourth-order valence-corrected chi connectivity index (χ4v) is 3.24. The molecule has 2 saturated carbocycles. The maximum Gasteiger partial charge on any atom is 0.185 e. The number of anilines is 1. The van der Waals surface area contributed by atoms with Gasteiger partial charge in [-0.25, -0.2) is 4.98 Å². The number of nitrogens with one attached hydrogen (secondary N) is 1. The van der Waals surface area contributed by atoms with Crippen molar-refractivity contribution in [3.8, 4) is 0 Å². The van der Waals surface area contributed by atoms with Crippen LogP contribution in [0.4, 0.5) is 5.13 Å². The lowest BCUT2D eigenvalue weighted by molar-refractivity contribution is 0.688. The Bertz CT molecular complexity index is 419. The topological polar surface area (TPSA) is 28.2 Å². The molecule has 1 heterocycles. The van der Waals surface area contributed by atoms with Crippen molar-refractivity contribution < 1.29 is 0 Å². The molecular weight excluding hydrogens is 242 g/mol. The molecule has 0 amide bonds. The Hall–Kier alpha value is -0.610. The van der Waals surface area contributed by atoms with Crippen molar-refractivity contribution in [2.75, 3.05) is 11.9 Å². The molecule has 2 fully saturated rings. The number of hydrogen-bond acceptors (Lipinski definition) is 4. The molecule has 0 unspecified atom stereocenters. The Balaban J connectivity index is 1.76. The first-order valence-corrected chi connectivity index (χ1v) is 7.92. The van der Waals surface area contributed by atoms with Gasteiger partial charge in [0.25, 0.3) is 0 Å². The summed E-state index contributed by atoms with van der Waals surface area (Å²) in [7, 11) is 2.15. The maximum atomic E-state index is 4.90. The molecule has 2 aliphatic rings. The van der Waals surface area contributed by atoms with Crippen LogP contribution in [0, 0.1) is 0 Å². The van der Waals surface area contributed by atoms with Crippen molar-refractivity contribution >= 4 is 16.5 Å². The van der Waals surface area contributed by atoms with E-state index < -0.39 is 0 Å². The molecule has 0 spiro atoms. The van der Waals surface area contributed by atoms with E-state index in [1.165, 1.54) is 41.4 Å². The van der Waals surface area contributed by atoms with Gasteiger partial charge in [0.2, 0.25) is 0 Å². The van der Waals surface area contributed by atoms with Gasteiger partial charge in [0, 0.05) is 36.5 Å². The van der Waals surface area contributed by atoms with E-state index in [4.69, 9.17) is 4.98 Å². The summed E-state index contributed by atoms with van der Waals surface area (Å²) in [4.78, 5) is 8.66. The molecule has 2 aliphatic carbocycles. The molecule has 3 rings (SSSR count). The van der Waals surface area contributed by atoms with Gasteiger partial charge in [-0.2, -0.15) is 0 Å². The third kappa shape index (κ3) is 2.69. The average molecular weight is 265 g/mol. The summed E-state index contributed by atoms with van der Waals surface area (Å²) >= 11 is 1.89. The molecular formula is C14H23N3S. The van der Waals surface area contributed by atoms with Crippen molar-refractivity contribution in [3.63, 3.8) is 0 Å². The van der Waals surface area contributed by atoms with Gasteiger partial charge < -0.3 is 10.2 Å². The molecule has 1 N–H and O–H groups in total. The predicted molar refractivity (Wildman–Crippen MR) is 77.5 cm³/mol. The Kier molecular flexibility index (Phi) is 3.32. The summed E-state index contributed by atoms with van der Waals surface area (Å²) in [5.74, 6) is 0.756. The number of nitrogens with zero attached hydrogens (tertiary/aromatic N) is 2. The Morgan fingerprint density at radius 2 is 2.06 bits per heavy atom. The van der Waals surface area contributed by atoms with Crippen LogP contribution in [0.3, 0.4) is 0 Å². The van der Waals surface area contributed by atoms with Crippen molar-refractivity contribution in [3.05, 3.63) is 10.6 Å². The van der Waals surface area contributed by atoms with Gasteiger partial charge in [-0.3, -0.25) is 0 Å². The minimum atomic E-state index is 0.521. The fraction of sp³-hybridized carbons (Fsp3) is 0.786. The van der Waals surface area contributed by atoms with Crippen molar-refractivity contribution in [1.29, 1.82) is 0 Å². The molecule has 0 bridgehead atoms. The molecule has 4 heteroatoms. The fourth-order valence-electron chi connectivity index (χ4n) is 2.05. The minimum absolute atomic E-state index is 0.521. The van der Waals surface area contributed by atoms with Crippen LogP contribution in [0.5, 0.6) is 0 Å². The molecule has 18 heavy (non-hydrogen) atoms. The highest BCUT2D eigenvalue weighted by atomic mass is 32.1. The zero-order valence-electron chi connectivity index (χ0n) is 11.6. The molecule has 0 aliphatic heterocycles. The van der Waals surface area contributed by atoms with E-state index in [-0.39, 0.29) is 0 Å². The van der Waals surface area contributed by atoms with Crippen LogP contribution in [0.15, 0.2) is 0 Å². The smallest absolute Gasteiger partial charge is 0.185 e. The van der Waals surface area contributed by atoms with E-state index >= 15 is 0 Å². The highest BCUT2D eigenvalue weighted by Gasteiger charge is 2.31. The molecule has 1 aromatic heterocycles. The minimum Gasteiger partial charge on any atom is -0.349 e. The van der Waals surface area contributed by atoms with Gasteiger partial charge in [0.15, 0.2) is 5.13 Å². The zero-order valence-corrected chi connectivity index (χ0v) is 12.4. The number of aromatic nitrogens is 1. The van der Waals surface area contributed by atoms with Gasteiger partial charge in [0.1, 0.15) is 0 Å². The van der Waals surface area contributed by atoms with Crippen molar-refractivity contribution in [2.24, 2.45) is 0 Å². The molecule has 0 saturated heterocycles. The van der Waals surface area contributed by atoms with E-state index in [2.05, 4.69) is 31.1 Å². The molecule has 0 aromatic carbocycles. The van der Waals surface area contributed by atoms with Gasteiger partial charge in [-0.05, 0) is 39.5 Å². The molecule has 0 atom stereocenters. The molecule has 100 valence electrons. The highest BCUT2D eigenvalue weighted by Crippen LogP contribution is 2.44. The van der Waals surface area contributed by atoms with Crippen LogP contribution >= 0.6 is 11.3 Å². The Morgan fingerprint density at radius 3 is 2.61 bits per heavy atom. The lowest BCUT2D eigenvalue weighted by Gasteiger charge is -2.19. The van der Waals surface area contributed by atoms with E-state index in [9.17, 15) is 0 Å². The quantitative estimate of drug-likeness (QED) is 0.856. The molecule has 0 radical (unpaired) electrons. The van der Waals surface area contributed by atoms with Gasteiger partial charge >= 0.3 is 0 Å². The highest BCUT2D eigenvalue weighted by molar-refractivity contribution is 7.15. The van der Waals surface area contributed by atoms with Crippen molar-refractivity contribution in [1.82, 2.24) is 10.3 Å². The molecule has 3 nitrogen and oxygen atoms in total. The van der Waals surface area contributed by atoms with Crippen LogP contribution in [0.1, 0.15) is 56.0 Å². The van der Waals surface area contributed by atoms with Gasteiger partial charge in [-0.1, -0.05) is 0 Å². The van der Waals surface area contributed by atoms with Crippen LogP contribution in [0.2, 0.25) is 0 Å². The lowest BCUT2D eigenvalue weighted by atomic mass is 10.2. The summed E-state index contributed by atoms with van der Waals surface area (Å²) in [6, 6.07) is 1.30. The Morgan fingerprint density at radius 1 is 1.33 bits per heavy atom. The molecule has 1 aromatic rings. The first kappa shape index (κ1) is 12.4. The average Bonchev–Trinajstić information content (AvgIpc) is 3.24. The number of thiazole rings is 1. The maximum absolute atomic E-state index is 4.90. The van der Waals surface area contributed by atoms with Crippen molar-refractivity contribution in [2.45, 2.75) is 64.1 Å². The summed E-state index contributed by atoms with van der Waals surface area (Å²) in [6.07, 6.45) is 5.39.